The van der Waals surface area contributed by atoms with Crippen molar-refractivity contribution in [2.45, 2.75) is 26.3 Å². The van der Waals surface area contributed by atoms with Crippen molar-refractivity contribution in [3.8, 4) is 5.75 Å². The van der Waals surface area contributed by atoms with Crippen LogP contribution in [0.25, 0.3) is 0 Å². The van der Waals surface area contributed by atoms with Gasteiger partial charge in [-0.15, -0.1) is 0 Å². The molecule has 1 unspecified atom stereocenters. The first kappa shape index (κ1) is 15.1. The van der Waals surface area contributed by atoms with Gasteiger partial charge in [-0.1, -0.05) is 12.1 Å². The first-order chi connectivity index (χ1) is 10.0. The summed E-state index contributed by atoms with van der Waals surface area (Å²) in [4.78, 5) is 16.7. The van der Waals surface area contributed by atoms with Crippen LogP contribution in [0.15, 0.2) is 36.8 Å². The number of aromatic nitrogens is 2. The molecule has 0 aliphatic heterocycles. The molecule has 0 aliphatic rings. The van der Waals surface area contributed by atoms with Crippen molar-refractivity contribution in [1.82, 2.24) is 9.55 Å². The molecule has 2 rings (SSSR count). The Hall–Kier alpha value is -2.30. The molecule has 0 saturated heterocycles. The fraction of sp³-hybridized carbons (Fsp3) is 0.375. The highest BCUT2D eigenvalue weighted by molar-refractivity contribution is 5.82. The lowest BCUT2D eigenvalue weighted by Gasteiger charge is -2.29. The third kappa shape index (κ3) is 2.77. The summed E-state index contributed by atoms with van der Waals surface area (Å²) in [6.07, 6.45) is 3.48. The second-order valence-electron chi connectivity index (χ2n) is 4.94. The summed E-state index contributed by atoms with van der Waals surface area (Å²) in [6, 6.07) is 7.39. The summed E-state index contributed by atoms with van der Waals surface area (Å²) in [6.45, 7) is 5.84. The largest absolute Gasteiger partial charge is 0.497 e. The van der Waals surface area contributed by atoms with E-state index in [1.807, 2.05) is 44.3 Å². The number of carbonyl (C=O) groups excluding carboxylic acids is 1. The molecule has 0 radical (unpaired) electrons. The van der Waals surface area contributed by atoms with E-state index >= 15 is 0 Å². The van der Waals surface area contributed by atoms with Crippen LogP contribution < -0.4 is 4.74 Å². The van der Waals surface area contributed by atoms with Gasteiger partial charge < -0.3 is 14.0 Å². The van der Waals surface area contributed by atoms with Gasteiger partial charge in [0.2, 0.25) is 0 Å². The number of hydrogen-bond donors (Lipinski definition) is 0. The average molecular weight is 288 g/mol. The van der Waals surface area contributed by atoms with Gasteiger partial charge in [0.1, 0.15) is 5.75 Å². The Morgan fingerprint density at radius 3 is 2.48 bits per heavy atom. The number of carbonyl (C=O) groups is 1. The van der Waals surface area contributed by atoms with Crippen LogP contribution in [0.3, 0.4) is 0 Å². The van der Waals surface area contributed by atoms with Gasteiger partial charge in [-0.25, -0.2) is 9.78 Å². The van der Waals surface area contributed by atoms with E-state index in [1.165, 1.54) is 0 Å². The SMILES string of the molecule is CCOC(=O)C(C)(c1ccc(OC)cc1)n1cnc(C)c1. The quantitative estimate of drug-likeness (QED) is 0.793. The molecule has 0 N–H and O–H groups in total. The number of esters is 1. The van der Waals surface area contributed by atoms with Crippen LogP contribution in [0.2, 0.25) is 0 Å². The number of benzene rings is 1. The average Bonchev–Trinajstić information content (AvgIpc) is 2.93. The Morgan fingerprint density at radius 2 is 2.00 bits per heavy atom. The highest BCUT2D eigenvalue weighted by atomic mass is 16.5. The van der Waals surface area contributed by atoms with Crippen LogP contribution in [-0.4, -0.2) is 29.2 Å². The maximum atomic E-state index is 12.5. The van der Waals surface area contributed by atoms with Gasteiger partial charge in [0.25, 0.3) is 0 Å². The van der Waals surface area contributed by atoms with E-state index in [-0.39, 0.29) is 5.97 Å². The van der Waals surface area contributed by atoms with Gasteiger partial charge in [0, 0.05) is 6.20 Å². The third-order valence-electron chi connectivity index (χ3n) is 3.55. The van der Waals surface area contributed by atoms with Gasteiger partial charge in [-0.2, -0.15) is 0 Å². The number of ether oxygens (including phenoxy) is 2. The van der Waals surface area contributed by atoms with Crippen molar-refractivity contribution in [3.63, 3.8) is 0 Å². The van der Waals surface area contributed by atoms with Crippen LogP contribution in [0.5, 0.6) is 5.75 Å². The summed E-state index contributed by atoms with van der Waals surface area (Å²) in [5, 5.41) is 0. The van der Waals surface area contributed by atoms with Gasteiger partial charge in [0.05, 0.1) is 25.7 Å². The highest BCUT2D eigenvalue weighted by Crippen LogP contribution is 2.29. The molecule has 0 bridgehead atoms. The lowest BCUT2D eigenvalue weighted by Crippen LogP contribution is -2.41. The molecular formula is C16H20N2O3. The molecule has 5 nitrogen and oxygen atoms in total. The summed E-state index contributed by atoms with van der Waals surface area (Å²) < 4.78 is 12.2. The normalized spacial score (nSPS) is 13.5. The van der Waals surface area contributed by atoms with Crippen molar-refractivity contribution in [2.24, 2.45) is 0 Å². The Balaban J connectivity index is 2.51. The standard InChI is InChI=1S/C16H20N2O3/c1-5-21-15(19)16(3,18-10-12(2)17-11-18)13-6-8-14(20-4)9-7-13/h6-11H,5H2,1-4H3. The van der Waals surface area contributed by atoms with Gasteiger partial charge in [0.15, 0.2) is 5.54 Å². The molecule has 1 atom stereocenters. The summed E-state index contributed by atoms with van der Waals surface area (Å²) >= 11 is 0. The number of aryl methyl sites for hydroxylation is 1. The summed E-state index contributed by atoms with van der Waals surface area (Å²) in [7, 11) is 1.61. The molecule has 0 saturated carbocycles. The lowest BCUT2D eigenvalue weighted by atomic mass is 9.91. The lowest BCUT2D eigenvalue weighted by molar-refractivity contribution is -0.150. The van der Waals surface area contributed by atoms with Crippen LogP contribution in [0.4, 0.5) is 0 Å². The molecule has 1 aromatic carbocycles. The third-order valence-corrected chi connectivity index (χ3v) is 3.55. The molecule has 112 valence electrons. The van der Waals surface area contributed by atoms with Crippen molar-refractivity contribution in [2.75, 3.05) is 13.7 Å². The fourth-order valence-electron chi connectivity index (χ4n) is 2.23. The van der Waals surface area contributed by atoms with Crippen LogP contribution in [-0.2, 0) is 15.1 Å². The second kappa shape index (κ2) is 5.99. The molecular weight excluding hydrogens is 268 g/mol. The maximum absolute atomic E-state index is 12.5. The van der Waals surface area contributed by atoms with Crippen LogP contribution in [0, 0.1) is 6.92 Å². The predicted molar refractivity (Wildman–Crippen MR) is 79.3 cm³/mol. The Kier molecular flexibility index (Phi) is 4.31. The Bertz CT molecular complexity index is 619. The molecule has 0 fully saturated rings. The minimum absolute atomic E-state index is 0.312. The molecule has 2 aromatic rings. The van der Waals surface area contributed by atoms with Gasteiger partial charge in [-0.3, -0.25) is 0 Å². The zero-order valence-electron chi connectivity index (χ0n) is 12.8. The van der Waals surface area contributed by atoms with E-state index in [9.17, 15) is 4.79 Å². The number of imidazole rings is 1. The topological polar surface area (TPSA) is 53.4 Å². The minimum Gasteiger partial charge on any atom is -0.497 e. The molecule has 1 aromatic heterocycles. The summed E-state index contributed by atoms with van der Waals surface area (Å²) in [5.74, 6) is 0.430. The molecule has 0 aliphatic carbocycles. The van der Waals surface area contributed by atoms with Crippen LogP contribution >= 0.6 is 0 Å². The van der Waals surface area contributed by atoms with E-state index in [0.717, 1.165) is 17.0 Å². The summed E-state index contributed by atoms with van der Waals surface area (Å²) in [5.41, 5.74) is 0.710. The van der Waals surface area contributed by atoms with Crippen molar-refractivity contribution in [1.29, 1.82) is 0 Å². The molecule has 21 heavy (non-hydrogen) atoms. The zero-order valence-corrected chi connectivity index (χ0v) is 12.8. The van der Waals surface area contributed by atoms with E-state index in [1.54, 1.807) is 24.9 Å². The number of hydrogen-bond acceptors (Lipinski definition) is 4. The highest BCUT2D eigenvalue weighted by Gasteiger charge is 2.38. The smallest absolute Gasteiger partial charge is 0.336 e. The van der Waals surface area contributed by atoms with Crippen LogP contribution in [0.1, 0.15) is 25.1 Å². The molecule has 1 heterocycles. The minimum atomic E-state index is -0.955. The maximum Gasteiger partial charge on any atom is 0.336 e. The monoisotopic (exact) mass is 288 g/mol. The van der Waals surface area contributed by atoms with E-state index < -0.39 is 5.54 Å². The Morgan fingerprint density at radius 1 is 1.33 bits per heavy atom. The predicted octanol–water partition coefficient (Wildman–Crippen LogP) is 2.53. The molecule has 0 amide bonds. The van der Waals surface area contributed by atoms with Gasteiger partial charge in [-0.05, 0) is 38.5 Å². The number of nitrogens with zero attached hydrogens (tertiary/aromatic N) is 2. The Labute approximate surface area is 124 Å². The second-order valence-corrected chi connectivity index (χ2v) is 4.94. The number of rotatable bonds is 5. The van der Waals surface area contributed by atoms with Crippen molar-refractivity contribution < 1.29 is 14.3 Å². The van der Waals surface area contributed by atoms with E-state index in [4.69, 9.17) is 9.47 Å². The first-order valence-corrected chi connectivity index (χ1v) is 6.85. The van der Waals surface area contributed by atoms with Gasteiger partial charge >= 0.3 is 5.97 Å². The zero-order chi connectivity index (χ0) is 15.5. The fourth-order valence-corrected chi connectivity index (χ4v) is 2.23. The van der Waals surface area contributed by atoms with E-state index in [0.29, 0.717) is 6.61 Å². The molecule has 5 heteroatoms. The first-order valence-electron chi connectivity index (χ1n) is 6.85. The van der Waals surface area contributed by atoms with Crippen molar-refractivity contribution >= 4 is 5.97 Å². The number of methoxy groups -OCH3 is 1. The van der Waals surface area contributed by atoms with E-state index in [2.05, 4.69) is 4.98 Å². The molecule has 0 spiro atoms. The van der Waals surface area contributed by atoms with Crippen molar-refractivity contribution in [3.05, 3.63) is 48.0 Å².